The maximum Gasteiger partial charge on any atom is 0.239 e. The molecule has 2 saturated heterocycles. The van der Waals surface area contributed by atoms with Crippen molar-refractivity contribution in [2.75, 3.05) is 19.6 Å². The Bertz CT molecular complexity index is 404. The predicted octanol–water partition coefficient (Wildman–Crippen LogP) is 0.615. The van der Waals surface area contributed by atoms with Gasteiger partial charge >= 0.3 is 0 Å². The highest BCUT2D eigenvalue weighted by Gasteiger charge is 2.31. The minimum Gasteiger partial charge on any atom is -0.339 e. The number of nitrogens with zero attached hydrogens (tertiary/aromatic N) is 4. The highest BCUT2D eigenvalue weighted by molar-refractivity contribution is 5.85. The molecule has 0 bridgehead atoms. The number of hydrogen-bond donors (Lipinski definition) is 1. The van der Waals surface area contributed by atoms with Gasteiger partial charge in [0.05, 0.1) is 12.1 Å². The van der Waals surface area contributed by atoms with Gasteiger partial charge in [-0.15, -0.1) is 12.4 Å². The zero-order chi connectivity index (χ0) is 12.4. The van der Waals surface area contributed by atoms with Crippen LogP contribution in [0.5, 0.6) is 0 Å². The second-order valence-electron chi connectivity index (χ2n) is 5.10. The Kier molecular flexibility index (Phi) is 4.76. The first-order chi connectivity index (χ1) is 8.84. The molecule has 1 aromatic rings. The fourth-order valence-electron chi connectivity index (χ4n) is 2.89. The van der Waals surface area contributed by atoms with Gasteiger partial charge in [0, 0.05) is 13.1 Å². The van der Waals surface area contributed by atoms with E-state index in [9.17, 15) is 4.79 Å². The van der Waals surface area contributed by atoms with Gasteiger partial charge < -0.3 is 10.2 Å². The third-order valence-electron chi connectivity index (χ3n) is 3.88. The molecule has 2 fully saturated rings. The number of amides is 1. The van der Waals surface area contributed by atoms with Crippen molar-refractivity contribution in [1.29, 1.82) is 0 Å². The molecule has 0 aromatic carbocycles. The van der Waals surface area contributed by atoms with Gasteiger partial charge in [-0.2, -0.15) is 5.10 Å². The lowest BCUT2D eigenvalue weighted by molar-refractivity contribution is -0.134. The Morgan fingerprint density at radius 2 is 2.21 bits per heavy atom. The minimum atomic E-state index is 0. The SMILES string of the molecule is Cl.O=C(C1CCCN1)N1CCCC(n2cncn2)C1. The van der Waals surface area contributed by atoms with Crippen molar-refractivity contribution >= 4 is 18.3 Å². The fraction of sp³-hybridized carbons (Fsp3) is 0.750. The van der Waals surface area contributed by atoms with Gasteiger partial charge in [-0.25, -0.2) is 9.67 Å². The summed E-state index contributed by atoms with van der Waals surface area (Å²) in [6, 6.07) is 0.325. The van der Waals surface area contributed by atoms with E-state index in [0.29, 0.717) is 0 Å². The van der Waals surface area contributed by atoms with E-state index >= 15 is 0 Å². The van der Waals surface area contributed by atoms with Crippen LogP contribution in [0, 0.1) is 0 Å². The van der Waals surface area contributed by atoms with Crippen molar-refractivity contribution in [2.24, 2.45) is 0 Å². The van der Waals surface area contributed by atoms with Crippen molar-refractivity contribution in [3.05, 3.63) is 12.7 Å². The molecule has 19 heavy (non-hydrogen) atoms. The lowest BCUT2D eigenvalue weighted by atomic mass is 10.0. The van der Waals surface area contributed by atoms with E-state index in [1.54, 1.807) is 12.7 Å². The summed E-state index contributed by atoms with van der Waals surface area (Å²) in [6.45, 7) is 2.61. The molecule has 2 aliphatic heterocycles. The van der Waals surface area contributed by atoms with Crippen LogP contribution in [0.4, 0.5) is 0 Å². The molecule has 3 heterocycles. The van der Waals surface area contributed by atoms with Crippen LogP contribution in [0.3, 0.4) is 0 Å². The first-order valence-corrected chi connectivity index (χ1v) is 6.71. The highest BCUT2D eigenvalue weighted by atomic mass is 35.5. The molecule has 1 aromatic heterocycles. The minimum absolute atomic E-state index is 0. The summed E-state index contributed by atoms with van der Waals surface area (Å²) in [5.74, 6) is 0.261. The van der Waals surface area contributed by atoms with Crippen molar-refractivity contribution in [3.8, 4) is 0 Å². The summed E-state index contributed by atoms with van der Waals surface area (Å²) in [5.41, 5.74) is 0. The second-order valence-corrected chi connectivity index (χ2v) is 5.10. The molecule has 2 unspecified atom stereocenters. The number of piperidine rings is 1. The summed E-state index contributed by atoms with van der Waals surface area (Å²) in [5, 5.41) is 7.46. The summed E-state index contributed by atoms with van der Waals surface area (Å²) < 4.78 is 1.88. The predicted molar refractivity (Wildman–Crippen MR) is 73.1 cm³/mol. The van der Waals surface area contributed by atoms with Gasteiger partial charge in [0.25, 0.3) is 0 Å². The van der Waals surface area contributed by atoms with Crippen molar-refractivity contribution in [3.63, 3.8) is 0 Å². The van der Waals surface area contributed by atoms with E-state index in [0.717, 1.165) is 45.3 Å². The molecule has 0 spiro atoms. The Morgan fingerprint density at radius 1 is 1.32 bits per heavy atom. The van der Waals surface area contributed by atoms with E-state index in [4.69, 9.17) is 0 Å². The Balaban J connectivity index is 0.00000133. The molecular weight excluding hydrogens is 266 g/mol. The quantitative estimate of drug-likeness (QED) is 0.865. The lowest BCUT2D eigenvalue weighted by Crippen LogP contribution is -2.48. The van der Waals surface area contributed by atoms with Crippen molar-refractivity contribution < 1.29 is 4.79 Å². The number of likely N-dealkylation sites (tertiary alicyclic amines) is 1. The maximum absolute atomic E-state index is 12.3. The Labute approximate surface area is 119 Å². The molecule has 3 rings (SSSR count). The summed E-state index contributed by atoms with van der Waals surface area (Å²) in [6.07, 6.45) is 7.50. The van der Waals surface area contributed by atoms with Gasteiger partial charge in [0.1, 0.15) is 12.7 Å². The molecule has 6 nitrogen and oxygen atoms in total. The van der Waals surface area contributed by atoms with Gasteiger partial charge in [0.2, 0.25) is 5.91 Å². The van der Waals surface area contributed by atoms with Crippen LogP contribution in [0.1, 0.15) is 31.7 Å². The van der Waals surface area contributed by atoms with Crippen LogP contribution in [-0.2, 0) is 4.79 Å². The molecule has 106 valence electrons. The van der Waals surface area contributed by atoms with Gasteiger partial charge in [-0.05, 0) is 32.2 Å². The van der Waals surface area contributed by atoms with E-state index in [-0.39, 0.29) is 30.4 Å². The molecule has 7 heteroatoms. The van der Waals surface area contributed by atoms with Crippen LogP contribution in [-0.4, -0.2) is 51.2 Å². The van der Waals surface area contributed by atoms with Crippen LogP contribution >= 0.6 is 12.4 Å². The lowest BCUT2D eigenvalue weighted by Gasteiger charge is -2.34. The third-order valence-corrected chi connectivity index (χ3v) is 3.88. The molecular formula is C12H20ClN5O. The molecule has 1 N–H and O–H groups in total. The molecule has 2 aliphatic rings. The van der Waals surface area contributed by atoms with Gasteiger partial charge in [-0.3, -0.25) is 4.79 Å². The average molecular weight is 286 g/mol. The number of carbonyl (C=O) groups excluding carboxylic acids is 1. The van der Waals surface area contributed by atoms with Gasteiger partial charge in [0.15, 0.2) is 0 Å². The monoisotopic (exact) mass is 285 g/mol. The molecule has 0 aliphatic carbocycles. The fourth-order valence-corrected chi connectivity index (χ4v) is 2.89. The van der Waals surface area contributed by atoms with Gasteiger partial charge in [-0.1, -0.05) is 0 Å². The smallest absolute Gasteiger partial charge is 0.239 e. The van der Waals surface area contributed by atoms with Crippen LogP contribution in [0.15, 0.2) is 12.7 Å². The molecule has 0 radical (unpaired) electrons. The van der Waals surface area contributed by atoms with Crippen LogP contribution < -0.4 is 5.32 Å². The number of carbonyl (C=O) groups is 1. The zero-order valence-corrected chi connectivity index (χ0v) is 11.7. The first kappa shape index (κ1) is 14.3. The number of rotatable bonds is 2. The number of nitrogens with one attached hydrogen (secondary N) is 1. The molecule has 1 amide bonds. The maximum atomic E-state index is 12.3. The first-order valence-electron chi connectivity index (χ1n) is 6.71. The topological polar surface area (TPSA) is 63.1 Å². The zero-order valence-electron chi connectivity index (χ0n) is 10.9. The van der Waals surface area contributed by atoms with E-state index < -0.39 is 0 Å². The van der Waals surface area contributed by atoms with Crippen molar-refractivity contribution in [1.82, 2.24) is 25.0 Å². The number of aromatic nitrogens is 3. The summed E-state index contributed by atoms with van der Waals surface area (Å²) in [4.78, 5) is 18.3. The van der Waals surface area contributed by atoms with E-state index in [2.05, 4.69) is 15.4 Å². The normalized spacial score (nSPS) is 27.1. The Morgan fingerprint density at radius 3 is 2.89 bits per heavy atom. The van der Waals surface area contributed by atoms with E-state index in [1.807, 2.05) is 9.58 Å². The average Bonchev–Trinajstić information content (AvgIpc) is 3.11. The molecule has 2 atom stereocenters. The van der Waals surface area contributed by atoms with Crippen LogP contribution in [0.25, 0.3) is 0 Å². The van der Waals surface area contributed by atoms with E-state index in [1.165, 1.54) is 0 Å². The number of halogens is 1. The number of hydrogen-bond acceptors (Lipinski definition) is 4. The Hall–Kier alpha value is -1.14. The summed E-state index contributed by atoms with van der Waals surface area (Å²) in [7, 11) is 0. The largest absolute Gasteiger partial charge is 0.339 e. The second kappa shape index (κ2) is 6.34. The highest BCUT2D eigenvalue weighted by Crippen LogP contribution is 2.21. The third kappa shape index (κ3) is 3.06. The van der Waals surface area contributed by atoms with Crippen LogP contribution in [0.2, 0.25) is 0 Å². The standard InChI is InChI=1S/C12H19N5O.ClH/c18-12(11-4-1-5-14-11)16-6-2-3-10(7-16)17-9-13-8-15-17;/h8-11,14H,1-7H2;1H. The van der Waals surface area contributed by atoms with Crippen molar-refractivity contribution in [2.45, 2.75) is 37.8 Å². The summed E-state index contributed by atoms with van der Waals surface area (Å²) >= 11 is 0. The molecule has 0 saturated carbocycles.